The Hall–Kier alpha value is -1.42. The van der Waals surface area contributed by atoms with E-state index in [1.54, 1.807) is 24.5 Å². The Labute approximate surface area is 95.5 Å². The predicted molar refractivity (Wildman–Crippen MR) is 62.2 cm³/mol. The van der Waals surface area contributed by atoms with Gasteiger partial charge in [-0.15, -0.1) is 0 Å². The molecule has 0 atom stereocenters. The van der Waals surface area contributed by atoms with Crippen molar-refractivity contribution in [1.29, 1.82) is 0 Å². The molecule has 0 bridgehead atoms. The van der Waals surface area contributed by atoms with Gasteiger partial charge in [0, 0.05) is 24.5 Å². The van der Waals surface area contributed by atoms with Crippen molar-refractivity contribution in [3.63, 3.8) is 0 Å². The molecule has 0 aliphatic carbocycles. The van der Waals surface area contributed by atoms with Crippen LogP contribution in [-0.4, -0.2) is 30.5 Å². The molecule has 16 heavy (non-hydrogen) atoms. The minimum absolute atomic E-state index is 0.000864. The second-order valence-electron chi connectivity index (χ2n) is 4.14. The third-order valence-corrected chi connectivity index (χ3v) is 2.95. The smallest absolute Gasteiger partial charge is 0.251 e. The van der Waals surface area contributed by atoms with Crippen LogP contribution in [0.4, 0.5) is 0 Å². The molecule has 0 spiro atoms. The van der Waals surface area contributed by atoms with E-state index in [1.807, 2.05) is 0 Å². The number of aromatic nitrogens is 1. The van der Waals surface area contributed by atoms with Gasteiger partial charge in [0.05, 0.1) is 0 Å². The summed E-state index contributed by atoms with van der Waals surface area (Å²) in [6, 6.07) is 3.47. The predicted octanol–water partition coefficient (Wildman–Crippen LogP) is 0.811. The van der Waals surface area contributed by atoms with Gasteiger partial charge in [-0.1, -0.05) is 0 Å². The van der Waals surface area contributed by atoms with Crippen LogP contribution in [0.1, 0.15) is 23.2 Å². The fourth-order valence-electron chi connectivity index (χ4n) is 1.93. The third-order valence-electron chi connectivity index (χ3n) is 2.95. The summed E-state index contributed by atoms with van der Waals surface area (Å²) in [6.07, 6.45) is 5.58. The zero-order valence-corrected chi connectivity index (χ0v) is 9.28. The summed E-state index contributed by atoms with van der Waals surface area (Å²) in [5.74, 6) is 0.618. The summed E-state index contributed by atoms with van der Waals surface area (Å²) < 4.78 is 0. The molecule has 0 unspecified atom stereocenters. The van der Waals surface area contributed by atoms with Crippen LogP contribution in [0.2, 0.25) is 0 Å². The van der Waals surface area contributed by atoms with E-state index in [0.29, 0.717) is 11.5 Å². The van der Waals surface area contributed by atoms with E-state index in [1.165, 1.54) is 0 Å². The van der Waals surface area contributed by atoms with Gasteiger partial charge in [-0.3, -0.25) is 9.78 Å². The number of hydrogen-bond donors (Lipinski definition) is 2. The summed E-state index contributed by atoms with van der Waals surface area (Å²) in [6.45, 7) is 2.91. The molecule has 1 fully saturated rings. The molecule has 2 rings (SSSR count). The molecule has 0 saturated carbocycles. The Kier molecular flexibility index (Phi) is 3.88. The number of carbonyl (C=O) groups is 1. The number of carbonyl (C=O) groups excluding carboxylic acids is 1. The van der Waals surface area contributed by atoms with E-state index in [9.17, 15) is 4.79 Å². The van der Waals surface area contributed by atoms with Crippen molar-refractivity contribution in [2.24, 2.45) is 5.92 Å². The summed E-state index contributed by atoms with van der Waals surface area (Å²) >= 11 is 0. The second-order valence-corrected chi connectivity index (χ2v) is 4.14. The Balaban J connectivity index is 1.79. The van der Waals surface area contributed by atoms with Gasteiger partial charge in [-0.05, 0) is 44.0 Å². The lowest BCUT2D eigenvalue weighted by Gasteiger charge is -2.22. The van der Waals surface area contributed by atoms with Gasteiger partial charge in [-0.2, -0.15) is 0 Å². The van der Waals surface area contributed by atoms with Crippen LogP contribution in [0.25, 0.3) is 0 Å². The lowest BCUT2D eigenvalue weighted by Crippen LogP contribution is -2.35. The van der Waals surface area contributed by atoms with E-state index in [0.717, 1.165) is 32.5 Å². The molecular formula is C12H17N3O. The first-order chi connectivity index (χ1) is 7.86. The zero-order valence-electron chi connectivity index (χ0n) is 9.28. The minimum atomic E-state index is 0.000864. The minimum Gasteiger partial charge on any atom is -0.352 e. The van der Waals surface area contributed by atoms with E-state index in [-0.39, 0.29) is 5.91 Å². The van der Waals surface area contributed by atoms with E-state index in [2.05, 4.69) is 15.6 Å². The second kappa shape index (κ2) is 5.61. The largest absolute Gasteiger partial charge is 0.352 e. The van der Waals surface area contributed by atoms with Crippen LogP contribution in [0.5, 0.6) is 0 Å². The highest BCUT2D eigenvalue weighted by molar-refractivity contribution is 5.93. The van der Waals surface area contributed by atoms with Crippen molar-refractivity contribution in [3.05, 3.63) is 30.1 Å². The maximum atomic E-state index is 11.7. The monoisotopic (exact) mass is 219 g/mol. The molecule has 1 amide bonds. The average Bonchev–Trinajstić information content (AvgIpc) is 2.38. The number of nitrogens with zero attached hydrogens (tertiary/aromatic N) is 1. The van der Waals surface area contributed by atoms with Crippen molar-refractivity contribution >= 4 is 5.91 Å². The molecule has 1 aliphatic heterocycles. The van der Waals surface area contributed by atoms with Crippen molar-refractivity contribution < 1.29 is 4.79 Å². The zero-order chi connectivity index (χ0) is 11.2. The summed E-state index contributed by atoms with van der Waals surface area (Å²) in [4.78, 5) is 15.6. The fraction of sp³-hybridized carbons (Fsp3) is 0.500. The number of amides is 1. The van der Waals surface area contributed by atoms with Gasteiger partial charge in [0.1, 0.15) is 0 Å². The number of piperidine rings is 1. The molecule has 1 aliphatic rings. The molecule has 4 nitrogen and oxygen atoms in total. The quantitative estimate of drug-likeness (QED) is 0.791. The van der Waals surface area contributed by atoms with Gasteiger partial charge >= 0.3 is 0 Å². The Morgan fingerprint density at radius 2 is 2.06 bits per heavy atom. The van der Waals surface area contributed by atoms with Crippen LogP contribution in [0, 0.1) is 5.92 Å². The molecule has 86 valence electrons. The third kappa shape index (κ3) is 3.03. The van der Waals surface area contributed by atoms with Gasteiger partial charge in [0.2, 0.25) is 0 Å². The summed E-state index contributed by atoms with van der Waals surface area (Å²) in [5.41, 5.74) is 0.684. The first-order valence-corrected chi connectivity index (χ1v) is 5.75. The molecule has 2 N–H and O–H groups in total. The molecular weight excluding hydrogens is 202 g/mol. The van der Waals surface area contributed by atoms with Crippen molar-refractivity contribution in [2.75, 3.05) is 19.6 Å². The highest BCUT2D eigenvalue weighted by atomic mass is 16.1. The number of nitrogens with one attached hydrogen (secondary N) is 2. The molecule has 0 radical (unpaired) electrons. The molecule has 1 aromatic heterocycles. The lowest BCUT2D eigenvalue weighted by molar-refractivity contribution is 0.0944. The van der Waals surface area contributed by atoms with Crippen molar-refractivity contribution in [1.82, 2.24) is 15.6 Å². The fourth-order valence-corrected chi connectivity index (χ4v) is 1.93. The van der Waals surface area contributed by atoms with Crippen LogP contribution in [0.15, 0.2) is 24.5 Å². The summed E-state index contributed by atoms with van der Waals surface area (Å²) in [5, 5.41) is 6.29. The van der Waals surface area contributed by atoms with Crippen molar-refractivity contribution in [3.8, 4) is 0 Å². The van der Waals surface area contributed by atoms with Crippen LogP contribution in [-0.2, 0) is 0 Å². The van der Waals surface area contributed by atoms with E-state index >= 15 is 0 Å². The number of pyridine rings is 1. The SMILES string of the molecule is O=C(NCC1CCNCC1)c1ccncc1. The van der Waals surface area contributed by atoms with Crippen LogP contribution >= 0.6 is 0 Å². The normalized spacial score (nSPS) is 17.0. The van der Waals surface area contributed by atoms with Crippen molar-refractivity contribution in [2.45, 2.75) is 12.8 Å². The van der Waals surface area contributed by atoms with Crippen LogP contribution < -0.4 is 10.6 Å². The highest BCUT2D eigenvalue weighted by Crippen LogP contribution is 2.10. The van der Waals surface area contributed by atoms with E-state index < -0.39 is 0 Å². The Morgan fingerprint density at radius 1 is 1.38 bits per heavy atom. The van der Waals surface area contributed by atoms with Gasteiger partial charge < -0.3 is 10.6 Å². The van der Waals surface area contributed by atoms with Gasteiger partial charge in [0.15, 0.2) is 0 Å². The maximum absolute atomic E-state index is 11.7. The molecule has 1 aromatic rings. The molecule has 4 heteroatoms. The number of rotatable bonds is 3. The van der Waals surface area contributed by atoms with Gasteiger partial charge in [0.25, 0.3) is 5.91 Å². The average molecular weight is 219 g/mol. The lowest BCUT2D eigenvalue weighted by atomic mass is 9.98. The molecule has 0 aromatic carbocycles. The van der Waals surface area contributed by atoms with Gasteiger partial charge in [-0.25, -0.2) is 0 Å². The summed E-state index contributed by atoms with van der Waals surface area (Å²) in [7, 11) is 0. The first kappa shape index (κ1) is 11.1. The Morgan fingerprint density at radius 3 is 2.75 bits per heavy atom. The highest BCUT2D eigenvalue weighted by Gasteiger charge is 2.14. The molecule has 2 heterocycles. The molecule has 1 saturated heterocycles. The first-order valence-electron chi connectivity index (χ1n) is 5.75. The van der Waals surface area contributed by atoms with Crippen LogP contribution in [0.3, 0.4) is 0 Å². The standard InChI is InChI=1S/C12H17N3O/c16-12(11-3-7-14-8-4-11)15-9-10-1-5-13-6-2-10/h3-4,7-8,10,13H,1-2,5-6,9H2,(H,15,16). The number of hydrogen-bond acceptors (Lipinski definition) is 3. The maximum Gasteiger partial charge on any atom is 0.251 e. The Bertz CT molecular complexity index is 333. The topological polar surface area (TPSA) is 54.0 Å². The van der Waals surface area contributed by atoms with E-state index in [4.69, 9.17) is 0 Å².